The van der Waals surface area contributed by atoms with Crippen LogP contribution in [-0.2, 0) is 0 Å². The summed E-state index contributed by atoms with van der Waals surface area (Å²) in [5.41, 5.74) is 0.0741. The van der Waals surface area contributed by atoms with Gasteiger partial charge in [0, 0.05) is 12.1 Å². The zero-order chi connectivity index (χ0) is 12.3. The Morgan fingerprint density at radius 3 is 2.94 bits per heavy atom. The maximum absolute atomic E-state index is 10.6. The van der Waals surface area contributed by atoms with Gasteiger partial charge in [0.15, 0.2) is 0 Å². The van der Waals surface area contributed by atoms with Gasteiger partial charge in [0.2, 0.25) is 0 Å². The molecule has 1 fully saturated rings. The standard InChI is InChI=1S/C12H16N2O3/c1-2-13-9-6-12(7-9)17-11-5-3-4-10(8-11)14(15)16/h3-5,8-9,12-13H,2,6-7H2,1H3. The van der Waals surface area contributed by atoms with E-state index in [-0.39, 0.29) is 11.8 Å². The smallest absolute Gasteiger partial charge is 0.273 e. The average Bonchev–Trinajstić information content (AvgIpc) is 2.27. The Balaban J connectivity index is 1.88. The van der Waals surface area contributed by atoms with E-state index in [0.717, 1.165) is 19.4 Å². The fraction of sp³-hybridized carbons (Fsp3) is 0.500. The zero-order valence-corrected chi connectivity index (χ0v) is 9.76. The molecule has 1 saturated carbocycles. The van der Waals surface area contributed by atoms with Crippen LogP contribution < -0.4 is 10.1 Å². The molecule has 17 heavy (non-hydrogen) atoms. The molecule has 0 aromatic heterocycles. The van der Waals surface area contributed by atoms with Gasteiger partial charge in [0.1, 0.15) is 11.9 Å². The molecule has 1 N–H and O–H groups in total. The van der Waals surface area contributed by atoms with E-state index in [2.05, 4.69) is 12.2 Å². The Kier molecular flexibility index (Phi) is 3.58. The maximum Gasteiger partial charge on any atom is 0.273 e. The Morgan fingerprint density at radius 1 is 1.53 bits per heavy atom. The van der Waals surface area contributed by atoms with Crippen LogP contribution in [0.5, 0.6) is 5.75 Å². The molecule has 5 heteroatoms. The average molecular weight is 236 g/mol. The molecule has 0 amide bonds. The van der Waals surface area contributed by atoms with Crippen LogP contribution in [0.2, 0.25) is 0 Å². The second-order valence-electron chi connectivity index (χ2n) is 4.22. The first-order valence-corrected chi connectivity index (χ1v) is 5.83. The molecule has 1 aromatic carbocycles. The minimum atomic E-state index is -0.408. The monoisotopic (exact) mass is 236 g/mol. The molecule has 1 aliphatic carbocycles. The molecular weight excluding hydrogens is 220 g/mol. The molecule has 1 aromatic rings. The molecule has 0 heterocycles. The number of rotatable bonds is 5. The fourth-order valence-electron chi connectivity index (χ4n) is 1.98. The van der Waals surface area contributed by atoms with Gasteiger partial charge >= 0.3 is 0 Å². The van der Waals surface area contributed by atoms with Gasteiger partial charge in [0.05, 0.1) is 11.0 Å². The van der Waals surface area contributed by atoms with E-state index >= 15 is 0 Å². The van der Waals surface area contributed by atoms with Crippen molar-refractivity contribution in [1.82, 2.24) is 5.32 Å². The van der Waals surface area contributed by atoms with E-state index in [4.69, 9.17) is 4.74 Å². The van der Waals surface area contributed by atoms with E-state index in [1.165, 1.54) is 12.1 Å². The van der Waals surface area contributed by atoms with Gasteiger partial charge in [-0.25, -0.2) is 0 Å². The number of nitrogens with zero attached hydrogens (tertiary/aromatic N) is 1. The largest absolute Gasteiger partial charge is 0.490 e. The molecule has 0 aliphatic heterocycles. The topological polar surface area (TPSA) is 64.4 Å². The minimum absolute atomic E-state index is 0.0741. The van der Waals surface area contributed by atoms with Crippen molar-refractivity contribution in [1.29, 1.82) is 0 Å². The lowest BCUT2D eigenvalue weighted by molar-refractivity contribution is -0.385. The van der Waals surface area contributed by atoms with Gasteiger partial charge in [0.25, 0.3) is 5.69 Å². The number of ether oxygens (including phenoxy) is 1. The molecule has 2 rings (SSSR count). The van der Waals surface area contributed by atoms with Gasteiger partial charge in [-0.3, -0.25) is 10.1 Å². The van der Waals surface area contributed by atoms with E-state index in [9.17, 15) is 10.1 Å². The maximum atomic E-state index is 10.6. The first-order valence-electron chi connectivity index (χ1n) is 5.83. The van der Waals surface area contributed by atoms with Crippen molar-refractivity contribution in [2.75, 3.05) is 6.54 Å². The predicted octanol–water partition coefficient (Wildman–Crippen LogP) is 2.11. The van der Waals surface area contributed by atoms with Gasteiger partial charge < -0.3 is 10.1 Å². The number of benzene rings is 1. The second kappa shape index (κ2) is 5.14. The molecule has 0 bridgehead atoms. The third-order valence-corrected chi connectivity index (χ3v) is 2.92. The summed E-state index contributed by atoms with van der Waals surface area (Å²) < 4.78 is 5.67. The number of nitro groups is 1. The lowest BCUT2D eigenvalue weighted by Gasteiger charge is -2.35. The van der Waals surface area contributed by atoms with Crippen molar-refractivity contribution in [3.05, 3.63) is 34.4 Å². The van der Waals surface area contributed by atoms with Crippen LogP contribution in [0, 0.1) is 10.1 Å². The number of nitro benzene ring substituents is 1. The Labute approximate surface area is 99.9 Å². The van der Waals surface area contributed by atoms with Crippen molar-refractivity contribution in [3.8, 4) is 5.75 Å². The summed E-state index contributed by atoms with van der Waals surface area (Å²) in [7, 11) is 0. The number of nitrogens with one attached hydrogen (secondary N) is 1. The van der Waals surface area contributed by atoms with Crippen LogP contribution >= 0.6 is 0 Å². The van der Waals surface area contributed by atoms with Crippen molar-refractivity contribution < 1.29 is 9.66 Å². The second-order valence-corrected chi connectivity index (χ2v) is 4.22. The Bertz CT molecular complexity index is 402. The van der Waals surface area contributed by atoms with Crippen LogP contribution in [0.3, 0.4) is 0 Å². The third kappa shape index (κ3) is 2.94. The van der Waals surface area contributed by atoms with Crippen LogP contribution in [0.4, 0.5) is 5.69 Å². The summed E-state index contributed by atoms with van der Waals surface area (Å²) in [5, 5.41) is 13.9. The van der Waals surface area contributed by atoms with Gasteiger partial charge in [-0.05, 0) is 25.5 Å². The van der Waals surface area contributed by atoms with Gasteiger partial charge in [-0.2, -0.15) is 0 Å². The van der Waals surface area contributed by atoms with E-state index < -0.39 is 4.92 Å². The van der Waals surface area contributed by atoms with Crippen LogP contribution in [0.1, 0.15) is 19.8 Å². The van der Waals surface area contributed by atoms with Gasteiger partial charge in [-0.1, -0.05) is 13.0 Å². The molecule has 1 aliphatic rings. The number of non-ortho nitro benzene ring substituents is 1. The molecule has 0 saturated heterocycles. The lowest BCUT2D eigenvalue weighted by Crippen LogP contribution is -2.46. The van der Waals surface area contributed by atoms with Crippen molar-refractivity contribution in [3.63, 3.8) is 0 Å². The number of hydrogen-bond acceptors (Lipinski definition) is 4. The lowest BCUT2D eigenvalue weighted by atomic mass is 9.89. The van der Waals surface area contributed by atoms with Crippen LogP contribution in [0.25, 0.3) is 0 Å². The van der Waals surface area contributed by atoms with E-state index in [0.29, 0.717) is 11.8 Å². The predicted molar refractivity (Wildman–Crippen MR) is 64.2 cm³/mol. The molecule has 0 radical (unpaired) electrons. The van der Waals surface area contributed by atoms with Crippen LogP contribution in [0.15, 0.2) is 24.3 Å². The molecule has 0 atom stereocenters. The summed E-state index contributed by atoms with van der Waals surface area (Å²) in [6.07, 6.45) is 2.12. The molecular formula is C12H16N2O3. The summed E-state index contributed by atoms with van der Waals surface area (Å²) in [4.78, 5) is 10.2. The van der Waals surface area contributed by atoms with E-state index in [1.807, 2.05) is 0 Å². The zero-order valence-electron chi connectivity index (χ0n) is 9.76. The highest BCUT2D eigenvalue weighted by atomic mass is 16.6. The highest BCUT2D eigenvalue weighted by molar-refractivity contribution is 5.38. The normalized spacial score (nSPS) is 22.9. The Hall–Kier alpha value is -1.62. The van der Waals surface area contributed by atoms with Crippen molar-refractivity contribution >= 4 is 5.69 Å². The van der Waals surface area contributed by atoms with Crippen molar-refractivity contribution in [2.45, 2.75) is 31.9 Å². The van der Waals surface area contributed by atoms with E-state index in [1.54, 1.807) is 12.1 Å². The first kappa shape index (κ1) is 11.9. The quantitative estimate of drug-likeness (QED) is 0.628. The molecule has 0 unspecified atom stereocenters. The Morgan fingerprint density at radius 2 is 2.29 bits per heavy atom. The summed E-state index contributed by atoms with van der Waals surface area (Å²) >= 11 is 0. The molecule has 0 spiro atoms. The number of hydrogen-bond donors (Lipinski definition) is 1. The minimum Gasteiger partial charge on any atom is -0.490 e. The summed E-state index contributed by atoms with van der Waals surface area (Å²) in [6.45, 7) is 3.04. The highest BCUT2D eigenvalue weighted by Crippen LogP contribution is 2.27. The molecule has 92 valence electrons. The summed E-state index contributed by atoms with van der Waals surface area (Å²) in [5.74, 6) is 0.583. The molecule has 5 nitrogen and oxygen atoms in total. The van der Waals surface area contributed by atoms with Crippen molar-refractivity contribution in [2.24, 2.45) is 0 Å². The first-order chi connectivity index (χ1) is 8.19. The fourth-order valence-corrected chi connectivity index (χ4v) is 1.98. The third-order valence-electron chi connectivity index (χ3n) is 2.92. The van der Waals surface area contributed by atoms with Crippen LogP contribution in [-0.4, -0.2) is 23.6 Å². The SMILES string of the molecule is CCNC1CC(Oc2cccc([N+](=O)[O-])c2)C1. The highest BCUT2D eigenvalue weighted by Gasteiger charge is 2.30. The van der Waals surface area contributed by atoms with Gasteiger partial charge in [-0.15, -0.1) is 0 Å². The summed E-state index contributed by atoms with van der Waals surface area (Å²) in [6, 6.07) is 6.88.